The van der Waals surface area contributed by atoms with Crippen molar-refractivity contribution < 1.29 is 14.3 Å². The van der Waals surface area contributed by atoms with Gasteiger partial charge in [-0.3, -0.25) is 0 Å². The second-order valence-corrected chi connectivity index (χ2v) is 7.49. The molecule has 1 aliphatic heterocycles. The van der Waals surface area contributed by atoms with Gasteiger partial charge in [0.05, 0.1) is 19.3 Å². The number of thiophene rings is 1. The van der Waals surface area contributed by atoms with Crippen molar-refractivity contribution in [2.45, 2.75) is 26.2 Å². The van der Waals surface area contributed by atoms with E-state index in [-0.39, 0.29) is 12.2 Å². The van der Waals surface area contributed by atoms with Crippen LogP contribution in [0.25, 0.3) is 0 Å². The van der Waals surface area contributed by atoms with E-state index in [1.54, 1.807) is 16.2 Å². The third kappa shape index (κ3) is 5.56. The van der Waals surface area contributed by atoms with Crippen LogP contribution in [-0.2, 0) is 22.6 Å². The highest BCUT2D eigenvalue weighted by molar-refractivity contribution is 7.11. The van der Waals surface area contributed by atoms with Crippen molar-refractivity contribution >= 4 is 17.4 Å². The minimum absolute atomic E-state index is 0.000848. The molecule has 1 aliphatic rings. The summed E-state index contributed by atoms with van der Waals surface area (Å²) in [7, 11) is 0. The Kier molecular flexibility index (Phi) is 6.44. The maximum absolute atomic E-state index is 12.2. The topological polar surface area (TPSA) is 50.8 Å². The van der Waals surface area contributed by atoms with E-state index in [2.05, 4.69) is 24.4 Å². The summed E-state index contributed by atoms with van der Waals surface area (Å²) >= 11 is 1.80. The largest absolute Gasteiger partial charge is 0.445 e. The molecular weight excluding hydrogens is 336 g/mol. The number of morpholine rings is 1. The third-order valence-corrected chi connectivity index (χ3v) is 5.07. The van der Waals surface area contributed by atoms with E-state index in [1.165, 1.54) is 9.75 Å². The first kappa shape index (κ1) is 17.9. The number of hydrogen-bond donors (Lipinski definition) is 1. The number of amides is 1. The molecule has 3 rings (SSSR count). The highest BCUT2D eigenvalue weighted by atomic mass is 32.1. The number of nitrogens with one attached hydrogen (secondary N) is 1. The van der Waals surface area contributed by atoms with Crippen molar-refractivity contribution in [3.8, 4) is 0 Å². The van der Waals surface area contributed by atoms with E-state index in [1.807, 2.05) is 30.3 Å². The average molecular weight is 360 g/mol. The maximum atomic E-state index is 12.2. The van der Waals surface area contributed by atoms with E-state index in [0.717, 1.165) is 18.7 Å². The predicted molar refractivity (Wildman–Crippen MR) is 98.7 cm³/mol. The lowest BCUT2D eigenvalue weighted by Gasteiger charge is -2.32. The van der Waals surface area contributed by atoms with Crippen LogP contribution in [0.1, 0.15) is 15.3 Å². The Balaban J connectivity index is 1.40. The summed E-state index contributed by atoms with van der Waals surface area (Å²) in [6.07, 6.45) is -0.273. The van der Waals surface area contributed by atoms with Crippen LogP contribution in [0.2, 0.25) is 0 Å². The van der Waals surface area contributed by atoms with Crippen LogP contribution in [0.4, 0.5) is 4.79 Å². The highest BCUT2D eigenvalue weighted by Crippen LogP contribution is 2.15. The Labute approximate surface area is 152 Å². The maximum Gasteiger partial charge on any atom is 0.410 e. The van der Waals surface area contributed by atoms with Gasteiger partial charge in [0, 0.05) is 29.4 Å². The van der Waals surface area contributed by atoms with Gasteiger partial charge in [0.15, 0.2) is 0 Å². The Morgan fingerprint density at radius 3 is 2.92 bits per heavy atom. The van der Waals surface area contributed by atoms with Crippen LogP contribution in [-0.4, -0.2) is 43.3 Å². The SMILES string of the molecule is Cc1ccc(CNCC2CN(C(=O)OCc3ccccc3)CCO2)s1. The van der Waals surface area contributed by atoms with Gasteiger partial charge in [-0.2, -0.15) is 0 Å². The van der Waals surface area contributed by atoms with Crippen molar-refractivity contribution in [3.05, 3.63) is 57.8 Å². The molecule has 0 radical (unpaired) electrons. The number of rotatable bonds is 6. The Hall–Kier alpha value is -1.89. The lowest BCUT2D eigenvalue weighted by molar-refractivity contribution is -0.0271. The van der Waals surface area contributed by atoms with E-state index >= 15 is 0 Å². The van der Waals surface area contributed by atoms with Gasteiger partial charge in [0.2, 0.25) is 0 Å². The molecule has 1 amide bonds. The van der Waals surface area contributed by atoms with Crippen LogP contribution in [0.15, 0.2) is 42.5 Å². The normalized spacial score (nSPS) is 17.5. The Bertz CT molecular complexity index is 674. The minimum atomic E-state index is -0.272. The summed E-state index contributed by atoms with van der Waals surface area (Å²) in [4.78, 5) is 16.6. The van der Waals surface area contributed by atoms with Crippen LogP contribution in [0.3, 0.4) is 0 Å². The predicted octanol–water partition coefficient (Wildman–Crippen LogP) is 3.18. The molecule has 1 aromatic heterocycles. The first-order chi connectivity index (χ1) is 12.2. The molecule has 1 saturated heterocycles. The molecular formula is C19H24N2O3S. The summed E-state index contributed by atoms with van der Waals surface area (Å²) in [5, 5.41) is 3.41. The molecule has 134 valence electrons. The minimum Gasteiger partial charge on any atom is -0.445 e. The number of benzene rings is 1. The monoisotopic (exact) mass is 360 g/mol. The van der Waals surface area contributed by atoms with Gasteiger partial charge in [-0.25, -0.2) is 4.79 Å². The van der Waals surface area contributed by atoms with Crippen molar-refractivity contribution in [2.24, 2.45) is 0 Å². The van der Waals surface area contributed by atoms with E-state index in [4.69, 9.17) is 9.47 Å². The van der Waals surface area contributed by atoms with Gasteiger partial charge in [0.25, 0.3) is 0 Å². The molecule has 25 heavy (non-hydrogen) atoms. The van der Waals surface area contributed by atoms with Crippen LogP contribution < -0.4 is 5.32 Å². The zero-order chi connectivity index (χ0) is 17.5. The summed E-state index contributed by atoms with van der Waals surface area (Å²) < 4.78 is 11.2. The third-order valence-electron chi connectivity index (χ3n) is 4.07. The summed E-state index contributed by atoms with van der Waals surface area (Å²) in [6.45, 7) is 5.65. The lowest BCUT2D eigenvalue weighted by Crippen LogP contribution is -2.49. The highest BCUT2D eigenvalue weighted by Gasteiger charge is 2.25. The first-order valence-electron chi connectivity index (χ1n) is 8.54. The fourth-order valence-electron chi connectivity index (χ4n) is 2.76. The van der Waals surface area contributed by atoms with Crippen molar-refractivity contribution in [1.29, 1.82) is 0 Å². The molecule has 0 saturated carbocycles. The molecule has 1 unspecified atom stereocenters. The molecule has 0 bridgehead atoms. The fraction of sp³-hybridized carbons (Fsp3) is 0.421. The molecule has 6 heteroatoms. The summed E-state index contributed by atoms with van der Waals surface area (Å²) in [6, 6.07) is 14.0. The molecule has 1 atom stereocenters. The summed E-state index contributed by atoms with van der Waals surface area (Å²) in [5.41, 5.74) is 0.994. The molecule has 0 aliphatic carbocycles. The number of nitrogens with zero attached hydrogens (tertiary/aromatic N) is 1. The zero-order valence-electron chi connectivity index (χ0n) is 14.4. The van der Waals surface area contributed by atoms with Gasteiger partial charge in [-0.05, 0) is 24.6 Å². The van der Waals surface area contributed by atoms with Gasteiger partial charge >= 0.3 is 6.09 Å². The standard InChI is InChI=1S/C19H24N2O3S/c1-15-7-8-18(25-15)12-20-11-17-13-21(9-10-23-17)19(22)24-14-16-5-3-2-4-6-16/h2-8,17,20H,9-14H2,1H3. The molecule has 5 nitrogen and oxygen atoms in total. The van der Waals surface area contributed by atoms with Gasteiger partial charge in [-0.1, -0.05) is 30.3 Å². The fourth-order valence-corrected chi connectivity index (χ4v) is 3.62. The molecule has 0 spiro atoms. The lowest BCUT2D eigenvalue weighted by atomic mass is 10.2. The molecule has 1 fully saturated rings. The smallest absolute Gasteiger partial charge is 0.410 e. The Morgan fingerprint density at radius 1 is 1.32 bits per heavy atom. The van der Waals surface area contributed by atoms with E-state index < -0.39 is 0 Å². The van der Waals surface area contributed by atoms with Gasteiger partial charge in [-0.15, -0.1) is 11.3 Å². The zero-order valence-corrected chi connectivity index (χ0v) is 15.3. The van der Waals surface area contributed by atoms with Crippen molar-refractivity contribution in [2.75, 3.05) is 26.2 Å². The summed E-state index contributed by atoms with van der Waals surface area (Å²) in [5.74, 6) is 0. The molecule has 2 aromatic rings. The number of ether oxygens (including phenoxy) is 2. The van der Waals surface area contributed by atoms with E-state index in [9.17, 15) is 4.79 Å². The van der Waals surface area contributed by atoms with Gasteiger partial charge < -0.3 is 19.7 Å². The van der Waals surface area contributed by atoms with Crippen LogP contribution in [0.5, 0.6) is 0 Å². The number of hydrogen-bond acceptors (Lipinski definition) is 5. The van der Waals surface area contributed by atoms with Crippen LogP contribution >= 0.6 is 11.3 Å². The van der Waals surface area contributed by atoms with Crippen molar-refractivity contribution in [1.82, 2.24) is 10.2 Å². The molecule has 1 N–H and O–H groups in total. The second-order valence-electron chi connectivity index (χ2n) is 6.12. The Morgan fingerprint density at radius 2 is 2.16 bits per heavy atom. The number of carbonyl (C=O) groups is 1. The second kappa shape index (κ2) is 8.99. The van der Waals surface area contributed by atoms with E-state index in [0.29, 0.717) is 26.3 Å². The molecule has 1 aromatic carbocycles. The number of aryl methyl sites for hydroxylation is 1. The van der Waals surface area contributed by atoms with Crippen molar-refractivity contribution in [3.63, 3.8) is 0 Å². The average Bonchev–Trinajstić information content (AvgIpc) is 3.06. The number of carbonyl (C=O) groups excluding carboxylic acids is 1. The first-order valence-corrected chi connectivity index (χ1v) is 9.35. The molecule has 2 heterocycles. The van der Waals surface area contributed by atoms with Crippen LogP contribution in [0, 0.1) is 6.92 Å². The van der Waals surface area contributed by atoms with Gasteiger partial charge in [0.1, 0.15) is 6.61 Å². The quantitative estimate of drug-likeness (QED) is 0.860.